The van der Waals surface area contributed by atoms with Crippen LogP contribution in [0.15, 0.2) is 0 Å². The first-order valence-electron chi connectivity index (χ1n) is 9.44. The van der Waals surface area contributed by atoms with Crippen LogP contribution in [0, 0.1) is 0 Å². The van der Waals surface area contributed by atoms with Crippen molar-refractivity contribution in [2.45, 2.75) is 56.8 Å². The number of hydrogen-bond donors (Lipinski definition) is 3. The van der Waals surface area contributed by atoms with Crippen LogP contribution in [0.2, 0.25) is 0 Å². The first-order valence-corrected chi connectivity index (χ1v) is 9.44. The van der Waals surface area contributed by atoms with Gasteiger partial charge in [0.05, 0.1) is 6.17 Å². The number of likely N-dealkylation sites (N-methyl/N-ethyl adjacent to an activating group) is 1. The quantitative estimate of drug-likeness (QED) is 0.664. The molecule has 5 nitrogen and oxygen atoms in total. The molecule has 3 fully saturated rings. The highest BCUT2D eigenvalue weighted by Crippen LogP contribution is 2.13. The third-order valence-electron chi connectivity index (χ3n) is 5.59. The van der Waals surface area contributed by atoms with Crippen LogP contribution >= 0.6 is 0 Å². The lowest BCUT2D eigenvalue weighted by Crippen LogP contribution is -2.53. The summed E-state index contributed by atoms with van der Waals surface area (Å²) >= 11 is 0. The number of piperidine rings is 2. The zero-order valence-corrected chi connectivity index (χ0v) is 14.3. The standard InChI is InChI=1S/C17H35N5/c1-21-11-10-20-17(21)14-22(12-15-6-2-4-8-18-15)13-16-7-3-5-9-19-16/h15-20H,2-14H2,1H3. The Balaban J connectivity index is 1.53. The summed E-state index contributed by atoms with van der Waals surface area (Å²) in [5, 5.41) is 11.1. The van der Waals surface area contributed by atoms with Gasteiger partial charge in [0.1, 0.15) is 0 Å². The number of nitrogens with zero attached hydrogens (tertiary/aromatic N) is 2. The Kier molecular flexibility index (Phi) is 6.51. The van der Waals surface area contributed by atoms with Crippen LogP contribution in [-0.2, 0) is 0 Å². The molecule has 0 bridgehead atoms. The number of hydrogen-bond acceptors (Lipinski definition) is 5. The van der Waals surface area contributed by atoms with Gasteiger partial charge in [-0.05, 0) is 45.8 Å². The molecule has 3 heterocycles. The molecular formula is C17H35N5. The second-order valence-corrected chi connectivity index (χ2v) is 7.46. The van der Waals surface area contributed by atoms with Crippen molar-refractivity contribution in [1.29, 1.82) is 0 Å². The summed E-state index contributed by atoms with van der Waals surface area (Å²) in [5.41, 5.74) is 0. The van der Waals surface area contributed by atoms with Crippen LogP contribution in [0.5, 0.6) is 0 Å². The molecule has 5 heteroatoms. The molecule has 3 aliphatic rings. The molecule has 0 saturated carbocycles. The lowest BCUT2D eigenvalue weighted by molar-refractivity contribution is 0.144. The van der Waals surface area contributed by atoms with Gasteiger partial charge in [-0.1, -0.05) is 12.8 Å². The largest absolute Gasteiger partial charge is 0.313 e. The van der Waals surface area contributed by atoms with E-state index in [1.54, 1.807) is 0 Å². The van der Waals surface area contributed by atoms with E-state index in [0.717, 1.165) is 13.1 Å². The van der Waals surface area contributed by atoms with Gasteiger partial charge >= 0.3 is 0 Å². The van der Waals surface area contributed by atoms with Gasteiger partial charge in [-0.3, -0.25) is 15.1 Å². The van der Waals surface area contributed by atoms with Crippen molar-refractivity contribution in [3.63, 3.8) is 0 Å². The molecule has 0 amide bonds. The molecule has 128 valence electrons. The van der Waals surface area contributed by atoms with Crippen LogP contribution in [0.3, 0.4) is 0 Å². The van der Waals surface area contributed by atoms with Gasteiger partial charge in [0, 0.05) is 44.8 Å². The molecule has 22 heavy (non-hydrogen) atoms. The van der Waals surface area contributed by atoms with Gasteiger partial charge < -0.3 is 10.6 Å². The Morgan fingerprint density at radius 1 is 0.818 bits per heavy atom. The zero-order chi connectivity index (χ0) is 15.2. The van der Waals surface area contributed by atoms with Gasteiger partial charge in [0.15, 0.2) is 0 Å². The molecule has 0 aromatic carbocycles. The highest BCUT2D eigenvalue weighted by atomic mass is 15.3. The van der Waals surface area contributed by atoms with Crippen molar-refractivity contribution in [1.82, 2.24) is 25.8 Å². The summed E-state index contributed by atoms with van der Waals surface area (Å²) in [4.78, 5) is 5.18. The van der Waals surface area contributed by atoms with Crippen molar-refractivity contribution in [2.75, 3.05) is 52.9 Å². The van der Waals surface area contributed by atoms with E-state index in [4.69, 9.17) is 0 Å². The first-order chi connectivity index (χ1) is 10.8. The Morgan fingerprint density at radius 2 is 1.45 bits per heavy atom. The Bertz CT molecular complexity index is 292. The molecule has 3 unspecified atom stereocenters. The second-order valence-electron chi connectivity index (χ2n) is 7.46. The summed E-state index contributed by atoms with van der Waals surface area (Å²) in [6, 6.07) is 1.40. The molecule has 0 spiro atoms. The summed E-state index contributed by atoms with van der Waals surface area (Å²) in [6.45, 7) is 8.32. The predicted molar refractivity (Wildman–Crippen MR) is 92.1 cm³/mol. The highest BCUT2D eigenvalue weighted by Gasteiger charge is 2.26. The number of rotatable bonds is 6. The van der Waals surface area contributed by atoms with Crippen molar-refractivity contribution >= 4 is 0 Å². The highest BCUT2D eigenvalue weighted by molar-refractivity contribution is 4.85. The molecule has 3 rings (SSSR count). The van der Waals surface area contributed by atoms with Crippen LogP contribution in [0.1, 0.15) is 38.5 Å². The van der Waals surface area contributed by atoms with E-state index in [0.29, 0.717) is 18.2 Å². The van der Waals surface area contributed by atoms with Crippen molar-refractivity contribution in [2.24, 2.45) is 0 Å². The molecule has 3 aliphatic heterocycles. The molecule has 3 N–H and O–H groups in total. The predicted octanol–water partition coefficient (Wildman–Crippen LogP) is 0.434. The maximum Gasteiger partial charge on any atom is 0.0726 e. The van der Waals surface area contributed by atoms with Crippen molar-refractivity contribution in [3.8, 4) is 0 Å². The molecule has 0 aliphatic carbocycles. The maximum absolute atomic E-state index is 3.73. The summed E-state index contributed by atoms with van der Waals surface area (Å²) in [6.07, 6.45) is 8.74. The summed E-state index contributed by atoms with van der Waals surface area (Å²) in [5.74, 6) is 0. The van der Waals surface area contributed by atoms with Gasteiger partial charge in [-0.25, -0.2) is 0 Å². The Morgan fingerprint density at radius 3 is 1.91 bits per heavy atom. The van der Waals surface area contributed by atoms with Gasteiger partial charge in [0.2, 0.25) is 0 Å². The van der Waals surface area contributed by atoms with Crippen LogP contribution < -0.4 is 16.0 Å². The normalized spacial score (nSPS) is 34.4. The molecule has 3 atom stereocenters. The average molecular weight is 310 g/mol. The minimum atomic E-state index is 0.534. The van der Waals surface area contributed by atoms with Gasteiger partial charge in [0.25, 0.3) is 0 Å². The monoisotopic (exact) mass is 309 g/mol. The average Bonchev–Trinajstić information content (AvgIpc) is 2.94. The van der Waals surface area contributed by atoms with E-state index in [2.05, 4.69) is 32.8 Å². The van der Waals surface area contributed by atoms with Crippen molar-refractivity contribution < 1.29 is 0 Å². The fourth-order valence-corrected chi connectivity index (χ4v) is 4.17. The molecule has 0 aromatic heterocycles. The van der Waals surface area contributed by atoms with Crippen LogP contribution in [-0.4, -0.2) is 80.9 Å². The fraction of sp³-hybridized carbons (Fsp3) is 1.00. The topological polar surface area (TPSA) is 42.6 Å². The van der Waals surface area contributed by atoms with E-state index in [1.807, 2.05) is 0 Å². The molecule has 3 saturated heterocycles. The molecular weight excluding hydrogens is 274 g/mol. The van der Waals surface area contributed by atoms with Crippen LogP contribution in [0.25, 0.3) is 0 Å². The molecule has 0 aromatic rings. The third kappa shape index (κ3) is 4.90. The minimum Gasteiger partial charge on any atom is -0.313 e. The Hall–Kier alpha value is -0.200. The van der Waals surface area contributed by atoms with Crippen LogP contribution in [0.4, 0.5) is 0 Å². The lowest BCUT2D eigenvalue weighted by atomic mass is 10.0. The number of nitrogens with one attached hydrogen (secondary N) is 3. The van der Waals surface area contributed by atoms with E-state index in [9.17, 15) is 0 Å². The summed E-state index contributed by atoms with van der Waals surface area (Å²) < 4.78 is 0. The SMILES string of the molecule is CN1CCNC1CN(CC1CCCCN1)CC1CCCCN1. The third-order valence-corrected chi connectivity index (χ3v) is 5.59. The van der Waals surface area contributed by atoms with E-state index in [-0.39, 0.29) is 0 Å². The first kappa shape index (κ1) is 16.7. The second kappa shape index (κ2) is 8.60. The Labute approximate surface area is 136 Å². The lowest BCUT2D eigenvalue weighted by Gasteiger charge is -2.36. The fourth-order valence-electron chi connectivity index (χ4n) is 4.17. The zero-order valence-electron chi connectivity index (χ0n) is 14.3. The molecule has 0 radical (unpaired) electrons. The van der Waals surface area contributed by atoms with Gasteiger partial charge in [-0.2, -0.15) is 0 Å². The maximum atomic E-state index is 3.73. The van der Waals surface area contributed by atoms with Crippen molar-refractivity contribution in [3.05, 3.63) is 0 Å². The minimum absolute atomic E-state index is 0.534. The summed E-state index contributed by atoms with van der Waals surface area (Å²) in [7, 11) is 2.25. The van der Waals surface area contributed by atoms with E-state index >= 15 is 0 Å². The van der Waals surface area contributed by atoms with E-state index < -0.39 is 0 Å². The van der Waals surface area contributed by atoms with Gasteiger partial charge in [-0.15, -0.1) is 0 Å². The smallest absolute Gasteiger partial charge is 0.0726 e. The van der Waals surface area contributed by atoms with E-state index in [1.165, 1.54) is 71.2 Å².